The number of ketones is 1. The van der Waals surface area contributed by atoms with Crippen LogP contribution in [0, 0.1) is 0 Å². The number of methoxy groups -OCH3 is 1. The molecular formula is C35H32O3. The summed E-state index contributed by atoms with van der Waals surface area (Å²) in [7, 11) is 1.63. The SMILES string of the molecule is COC1=C[C@@](C)(c2ccccc2)C(=O)C([C@H](C)OC(c2ccccc2)(c2ccccc2)c2ccccc2)=C1. The molecule has 38 heavy (non-hydrogen) atoms. The van der Waals surface area contributed by atoms with Crippen molar-refractivity contribution >= 4 is 5.78 Å². The largest absolute Gasteiger partial charge is 0.497 e. The minimum absolute atomic E-state index is 0.0000787. The summed E-state index contributed by atoms with van der Waals surface area (Å²) in [6, 6.07) is 40.5. The zero-order chi connectivity index (χ0) is 26.6. The molecule has 0 unspecified atom stereocenters. The third kappa shape index (κ3) is 4.51. The van der Waals surface area contributed by atoms with Gasteiger partial charge in [-0.25, -0.2) is 0 Å². The number of Topliss-reactive ketones (excluding diaryl/α,β-unsaturated/α-hetero) is 1. The highest BCUT2D eigenvalue weighted by atomic mass is 16.5. The van der Waals surface area contributed by atoms with Gasteiger partial charge in [-0.05, 0) is 48.3 Å². The van der Waals surface area contributed by atoms with E-state index in [0.717, 1.165) is 22.3 Å². The van der Waals surface area contributed by atoms with Crippen LogP contribution < -0.4 is 0 Å². The van der Waals surface area contributed by atoms with E-state index in [2.05, 4.69) is 36.4 Å². The molecule has 5 rings (SSSR count). The molecule has 3 heteroatoms. The number of hydrogen-bond donors (Lipinski definition) is 0. The molecule has 0 aliphatic heterocycles. The van der Waals surface area contributed by atoms with Crippen LogP contribution in [0.2, 0.25) is 0 Å². The monoisotopic (exact) mass is 500 g/mol. The van der Waals surface area contributed by atoms with Crippen molar-refractivity contribution < 1.29 is 14.3 Å². The number of rotatable bonds is 8. The second-order valence-electron chi connectivity index (χ2n) is 9.79. The summed E-state index contributed by atoms with van der Waals surface area (Å²) in [5, 5.41) is 0. The van der Waals surface area contributed by atoms with E-state index in [1.165, 1.54) is 0 Å². The molecule has 1 aliphatic rings. The zero-order valence-electron chi connectivity index (χ0n) is 22.0. The first-order valence-electron chi connectivity index (χ1n) is 12.9. The summed E-state index contributed by atoms with van der Waals surface area (Å²) in [4.78, 5) is 14.2. The molecule has 0 radical (unpaired) electrons. The Hall–Kier alpha value is -4.21. The Morgan fingerprint density at radius 3 is 1.53 bits per heavy atom. The number of ether oxygens (including phenoxy) is 2. The Bertz CT molecular complexity index is 1340. The molecule has 0 N–H and O–H groups in total. The molecule has 0 amide bonds. The van der Waals surface area contributed by atoms with Crippen LogP contribution in [0.15, 0.2) is 145 Å². The van der Waals surface area contributed by atoms with E-state index < -0.39 is 17.1 Å². The van der Waals surface area contributed by atoms with Gasteiger partial charge in [-0.1, -0.05) is 121 Å². The van der Waals surface area contributed by atoms with Gasteiger partial charge in [0.25, 0.3) is 0 Å². The highest BCUT2D eigenvalue weighted by Gasteiger charge is 2.44. The molecule has 4 aromatic rings. The molecule has 0 saturated carbocycles. The van der Waals surface area contributed by atoms with Gasteiger partial charge in [0.05, 0.1) is 18.6 Å². The highest BCUT2D eigenvalue weighted by Crippen LogP contribution is 2.44. The second-order valence-corrected chi connectivity index (χ2v) is 9.79. The van der Waals surface area contributed by atoms with Gasteiger partial charge in [0.15, 0.2) is 5.78 Å². The molecule has 2 atom stereocenters. The fraction of sp³-hybridized carbons (Fsp3) is 0.171. The highest BCUT2D eigenvalue weighted by molar-refractivity contribution is 6.07. The first-order valence-corrected chi connectivity index (χ1v) is 12.9. The third-order valence-corrected chi connectivity index (χ3v) is 7.40. The van der Waals surface area contributed by atoms with E-state index in [1.54, 1.807) is 7.11 Å². The van der Waals surface area contributed by atoms with E-state index >= 15 is 0 Å². The van der Waals surface area contributed by atoms with Crippen molar-refractivity contribution in [1.82, 2.24) is 0 Å². The minimum atomic E-state index is -0.943. The number of hydrogen-bond acceptors (Lipinski definition) is 3. The molecule has 0 heterocycles. The number of carbonyl (C=O) groups excluding carboxylic acids is 1. The van der Waals surface area contributed by atoms with Gasteiger partial charge >= 0.3 is 0 Å². The van der Waals surface area contributed by atoms with Gasteiger partial charge in [0.2, 0.25) is 0 Å². The Kier molecular flexibility index (Phi) is 7.13. The smallest absolute Gasteiger partial charge is 0.175 e. The van der Waals surface area contributed by atoms with Gasteiger partial charge < -0.3 is 9.47 Å². The lowest BCUT2D eigenvalue weighted by atomic mass is 9.72. The van der Waals surface area contributed by atoms with Crippen LogP contribution in [-0.2, 0) is 25.3 Å². The standard InChI is InChI=1S/C35H32O3/c1-26(32-24-31(37-3)25-34(2,33(32)36)27-16-8-4-9-17-27)38-35(28-18-10-5-11-19-28,29-20-12-6-13-21-29)30-22-14-7-15-23-30/h4-26H,1-3H3/t26-,34-/m0/s1. The molecule has 0 saturated heterocycles. The molecule has 0 spiro atoms. The zero-order valence-corrected chi connectivity index (χ0v) is 22.0. The van der Waals surface area contributed by atoms with E-state index in [1.807, 2.05) is 111 Å². The maximum atomic E-state index is 14.2. The second kappa shape index (κ2) is 10.6. The first kappa shape index (κ1) is 25.4. The van der Waals surface area contributed by atoms with Crippen molar-refractivity contribution in [3.05, 3.63) is 167 Å². The van der Waals surface area contributed by atoms with Gasteiger partial charge in [0, 0.05) is 5.57 Å². The van der Waals surface area contributed by atoms with Crippen molar-refractivity contribution in [2.45, 2.75) is 31.0 Å². The van der Waals surface area contributed by atoms with Crippen LogP contribution in [-0.4, -0.2) is 19.0 Å². The summed E-state index contributed by atoms with van der Waals surface area (Å²) in [6.45, 7) is 3.90. The lowest BCUT2D eigenvalue weighted by Crippen LogP contribution is -2.42. The third-order valence-electron chi connectivity index (χ3n) is 7.40. The summed E-state index contributed by atoms with van der Waals surface area (Å²) < 4.78 is 12.9. The van der Waals surface area contributed by atoms with Crippen LogP contribution >= 0.6 is 0 Å². The molecule has 190 valence electrons. The van der Waals surface area contributed by atoms with Crippen molar-refractivity contribution in [2.75, 3.05) is 7.11 Å². The maximum Gasteiger partial charge on any atom is 0.175 e. The van der Waals surface area contributed by atoms with Crippen LogP contribution in [0.5, 0.6) is 0 Å². The van der Waals surface area contributed by atoms with Gasteiger partial charge in [-0.2, -0.15) is 0 Å². The first-order chi connectivity index (χ1) is 18.5. The van der Waals surface area contributed by atoms with E-state index in [9.17, 15) is 4.79 Å². The predicted molar refractivity (Wildman–Crippen MR) is 152 cm³/mol. The Morgan fingerprint density at radius 1 is 0.684 bits per heavy atom. The number of allylic oxidation sites excluding steroid dienone is 2. The fourth-order valence-electron chi connectivity index (χ4n) is 5.38. The summed E-state index contributed by atoms with van der Waals surface area (Å²) in [5.74, 6) is 0.645. The Labute approximate surface area is 225 Å². The molecule has 0 fully saturated rings. The molecular weight excluding hydrogens is 468 g/mol. The normalized spacial score (nSPS) is 18.3. The average Bonchev–Trinajstić information content (AvgIpc) is 2.99. The quantitative estimate of drug-likeness (QED) is 0.237. The van der Waals surface area contributed by atoms with Crippen LogP contribution in [0.1, 0.15) is 36.1 Å². The van der Waals surface area contributed by atoms with Gasteiger partial charge in [-0.15, -0.1) is 0 Å². The van der Waals surface area contributed by atoms with Crippen LogP contribution in [0.3, 0.4) is 0 Å². The van der Waals surface area contributed by atoms with E-state index in [-0.39, 0.29) is 5.78 Å². The van der Waals surface area contributed by atoms with E-state index in [0.29, 0.717) is 11.3 Å². The Morgan fingerprint density at radius 2 is 1.11 bits per heavy atom. The average molecular weight is 501 g/mol. The summed E-state index contributed by atoms with van der Waals surface area (Å²) >= 11 is 0. The summed E-state index contributed by atoms with van der Waals surface area (Å²) in [6.07, 6.45) is 3.17. The number of carbonyl (C=O) groups is 1. The predicted octanol–water partition coefficient (Wildman–Crippen LogP) is 7.38. The van der Waals surface area contributed by atoms with Crippen molar-refractivity contribution in [1.29, 1.82) is 0 Å². The minimum Gasteiger partial charge on any atom is -0.497 e. The van der Waals surface area contributed by atoms with Crippen LogP contribution in [0.4, 0.5) is 0 Å². The van der Waals surface area contributed by atoms with Crippen LogP contribution in [0.25, 0.3) is 0 Å². The van der Waals surface area contributed by atoms with E-state index in [4.69, 9.17) is 9.47 Å². The van der Waals surface area contributed by atoms with Gasteiger partial charge in [-0.3, -0.25) is 4.79 Å². The molecule has 1 aliphatic carbocycles. The molecule has 0 bridgehead atoms. The molecule has 0 aromatic heterocycles. The molecule has 3 nitrogen and oxygen atoms in total. The Balaban J connectivity index is 1.66. The number of benzene rings is 4. The lowest BCUT2D eigenvalue weighted by molar-refractivity contribution is -0.121. The lowest BCUT2D eigenvalue weighted by Gasteiger charge is -2.40. The van der Waals surface area contributed by atoms with Crippen molar-refractivity contribution in [2.24, 2.45) is 0 Å². The topological polar surface area (TPSA) is 35.5 Å². The fourth-order valence-corrected chi connectivity index (χ4v) is 5.38. The van der Waals surface area contributed by atoms with Crippen molar-refractivity contribution in [3.63, 3.8) is 0 Å². The molecule has 4 aromatic carbocycles. The van der Waals surface area contributed by atoms with Crippen molar-refractivity contribution in [3.8, 4) is 0 Å². The summed E-state index contributed by atoms with van der Waals surface area (Å²) in [5.41, 5.74) is 2.63. The maximum absolute atomic E-state index is 14.2. The van der Waals surface area contributed by atoms with Gasteiger partial charge in [0.1, 0.15) is 11.4 Å².